The number of methoxy groups -OCH3 is 2. The Balaban J connectivity index is 3.46. The lowest BCUT2D eigenvalue weighted by atomic mass is 10.2. The van der Waals surface area contributed by atoms with Crippen molar-refractivity contribution in [2.24, 2.45) is 0 Å². The summed E-state index contributed by atoms with van der Waals surface area (Å²) < 4.78 is 34.0. The third kappa shape index (κ3) is 2.18. The van der Waals surface area contributed by atoms with Crippen LogP contribution in [0.3, 0.4) is 0 Å². The first-order valence-corrected chi connectivity index (χ1v) is 4.19. The van der Waals surface area contributed by atoms with Crippen LogP contribution in [0.15, 0.2) is 10.9 Å². The number of carbonyl (C=O) groups is 1. The van der Waals surface area contributed by atoms with Crippen molar-refractivity contribution in [3.8, 4) is 5.88 Å². The highest BCUT2D eigenvalue weighted by Gasteiger charge is 2.24. The summed E-state index contributed by atoms with van der Waals surface area (Å²) in [7, 11) is 2.25. The number of esters is 1. The minimum atomic E-state index is -3.07. The molecule has 0 amide bonds. The van der Waals surface area contributed by atoms with Crippen molar-refractivity contribution >= 4 is 5.97 Å². The Labute approximate surface area is 89.0 Å². The molecule has 1 N–H and O–H groups in total. The van der Waals surface area contributed by atoms with Crippen molar-refractivity contribution in [1.29, 1.82) is 0 Å². The Morgan fingerprint density at radius 1 is 1.44 bits per heavy atom. The van der Waals surface area contributed by atoms with E-state index in [2.05, 4.69) is 14.5 Å². The van der Waals surface area contributed by atoms with E-state index in [-0.39, 0.29) is 5.88 Å². The molecule has 1 aromatic rings. The van der Waals surface area contributed by atoms with Crippen molar-refractivity contribution in [2.75, 3.05) is 14.2 Å². The van der Waals surface area contributed by atoms with Crippen molar-refractivity contribution in [2.45, 2.75) is 6.43 Å². The molecule has 16 heavy (non-hydrogen) atoms. The zero-order valence-electron chi connectivity index (χ0n) is 8.54. The van der Waals surface area contributed by atoms with Crippen LogP contribution >= 0.6 is 0 Å². The second-order valence-electron chi connectivity index (χ2n) is 2.78. The van der Waals surface area contributed by atoms with Gasteiger partial charge in [0.1, 0.15) is 5.69 Å². The first-order valence-electron chi connectivity index (χ1n) is 4.19. The minimum absolute atomic E-state index is 0.0881. The first-order chi connectivity index (χ1) is 7.51. The van der Waals surface area contributed by atoms with Gasteiger partial charge in [-0.15, -0.1) is 0 Å². The van der Waals surface area contributed by atoms with Crippen molar-refractivity contribution in [3.63, 3.8) is 0 Å². The normalized spacial score (nSPS) is 10.3. The predicted octanol–water partition coefficient (Wildman–Crippen LogP) is 1.11. The number of H-pyrrole nitrogens is 1. The molecule has 0 fully saturated rings. The van der Waals surface area contributed by atoms with Crippen LogP contribution in [0.4, 0.5) is 8.78 Å². The van der Waals surface area contributed by atoms with Gasteiger partial charge in [-0.2, -0.15) is 0 Å². The van der Waals surface area contributed by atoms with Crippen molar-refractivity contribution < 1.29 is 23.0 Å². The Bertz CT molecular complexity index is 455. The molecule has 1 aromatic heterocycles. The minimum Gasteiger partial charge on any atom is -0.482 e. The van der Waals surface area contributed by atoms with E-state index in [0.717, 1.165) is 13.2 Å². The largest absolute Gasteiger partial charge is 0.482 e. The van der Waals surface area contributed by atoms with E-state index in [1.54, 1.807) is 0 Å². The number of pyridine rings is 1. The third-order valence-corrected chi connectivity index (χ3v) is 1.87. The van der Waals surface area contributed by atoms with Crippen LogP contribution in [0.1, 0.15) is 22.5 Å². The number of halogens is 2. The van der Waals surface area contributed by atoms with Crippen molar-refractivity contribution in [1.82, 2.24) is 4.98 Å². The molecule has 0 unspecified atom stereocenters. The second-order valence-corrected chi connectivity index (χ2v) is 2.78. The lowest BCUT2D eigenvalue weighted by molar-refractivity contribution is 0.0579. The number of hydrogen-bond acceptors (Lipinski definition) is 4. The van der Waals surface area contributed by atoms with Gasteiger partial charge in [-0.1, -0.05) is 0 Å². The molecule has 1 heterocycles. The van der Waals surface area contributed by atoms with E-state index in [9.17, 15) is 18.4 Å². The quantitative estimate of drug-likeness (QED) is 0.794. The summed E-state index contributed by atoms with van der Waals surface area (Å²) in [4.78, 5) is 24.7. The molecule has 0 spiro atoms. The maximum absolute atomic E-state index is 12.6. The maximum Gasteiger partial charge on any atom is 0.355 e. The van der Waals surface area contributed by atoms with E-state index in [4.69, 9.17) is 0 Å². The molecule has 0 saturated carbocycles. The highest BCUT2D eigenvalue weighted by Crippen LogP contribution is 2.20. The Morgan fingerprint density at radius 2 is 2.06 bits per heavy atom. The van der Waals surface area contributed by atoms with Crippen LogP contribution in [-0.4, -0.2) is 25.2 Å². The predicted molar refractivity (Wildman–Crippen MR) is 49.9 cm³/mol. The lowest BCUT2D eigenvalue weighted by Crippen LogP contribution is -2.19. The fourth-order valence-corrected chi connectivity index (χ4v) is 1.14. The molecular weight excluding hydrogens is 224 g/mol. The smallest absolute Gasteiger partial charge is 0.355 e. The monoisotopic (exact) mass is 233 g/mol. The van der Waals surface area contributed by atoms with E-state index < -0.39 is 29.1 Å². The van der Waals surface area contributed by atoms with Crippen LogP contribution in [-0.2, 0) is 4.74 Å². The summed E-state index contributed by atoms with van der Waals surface area (Å²) in [5.41, 5.74) is -2.50. The summed E-state index contributed by atoms with van der Waals surface area (Å²) in [6.07, 6.45) is -3.07. The number of carbonyl (C=O) groups excluding carboxylic acids is 1. The first kappa shape index (κ1) is 12.2. The Hall–Kier alpha value is -1.92. The van der Waals surface area contributed by atoms with Crippen LogP contribution < -0.4 is 10.2 Å². The fourth-order valence-electron chi connectivity index (χ4n) is 1.14. The number of aromatic amines is 1. The van der Waals surface area contributed by atoms with Gasteiger partial charge in [0, 0.05) is 6.07 Å². The number of alkyl halides is 2. The zero-order chi connectivity index (χ0) is 12.3. The lowest BCUT2D eigenvalue weighted by Gasteiger charge is -2.08. The number of aromatic nitrogens is 1. The van der Waals surface area contributed by atoms with E-state index in [1.165, 1.54) is 7.11 Å². The molecule has 0 aliphatic rings. The zero-order valence-corrected chi connectivity index (χ0v) is 8.54. The van der Waals surface area contributed by atoms with Crippen LogP contribution in [0.2, 0.25) is 0 Å². The molecule has 0 aromatic carbocycles. The number of nitrogens with one attached hydrogen (secondary N) is 1. The standard InChI is InChI=1S/C9H9F2NO4/c1-15-5-3-4(13)6(8(10)11)7(12-5)9(14)16-2/h3,8H,1-2H3,(H,12,13). The summed E-state index contributed by atoms with van der Waals surface area (Å²) in [6.45, 7) is 0. The second kappa shape index (κ2) is 4.73. The molecule has 1 rings (SSSR count). The van der Waals surface area contributed by atoms with Gasteiger partial charge in [0.2, 0.25) is 0 Å². The molecule has 0 aliphatic heterocycles. The van der Waals surface area contributed by atoms with Gasteiger partial charge in [-0.05, 0) is 0 Å². The van der Waals surface area contributed by atoms with Gasteiger partial charge in [-0.25, -0.2) is 13.6 Å². The molecule has 0 radical (unpaired) electrons. The summed E-state index contributed by atoms with van der Waals surface area (Å²) in [5, 5.41) is 0. The third-order valence-electron chi connectivity index (χ3n) is 1.87. The molecule has 7 heteroatoms. The van der Waals surface area contributed by atoms with Crippen LogP contribution in [0.5, 0.6) is 5.88 Å². The molecule has 5 nitrogen and oxygen atoms in total. The number of ether oxygens (including phenoxy) is 2. The van der Waals surface area contributed by atoms with Gasteiger partial charge in [0.25, 0.3) is 6.43 Å². The SMILES string of the molecule is COC(=O)c1[nH]c(OC)cc(=O)c1C(F)F. The number of hydrogen-bond donors (Lipinski definition) is 1. The highest BCUT2D eigenvalue weighted by molar-refractivity contribution is 5.89. The summed E-state index contributed by atoms with van der Waals surface area (Å²) in [5.74, 6) is -1.14. The van der Waals surface area contributed by atoms with Gasteiger partial charge >= 0.3 is 5.97 Å². The van der Waals surface area contributed by atoms with Gasteiger partial charge in [-0.3, -0.25) is 4.79 Å². The topological polar surface area (TPSA) is 68.4 Å². The Morgan fingerprint density at radius 3 is 2.50 bits per heavy atom. The Kier molecular flexibility index (Phi) is 3.60. The molecule has 0 saturated heterocycles. The van der Waals surface area contributed by atoms with E-state index in [0.29, 0.717) is 0 Å². The van der Waals surface area contributed by atoms with Gasteiger partial charge < -0.3 is 14.5 Å². The fraction of sp³-hybridized carbons (Fsp3) is 0.333. The maximum atomic E-state index is 12.6. The molecule has 0 bridgehead atoms. The number of rotatable bonds is 3. The summed E-state index contributed by atoms with van der Waals surface area (Å²) >= 11 is 0. The van der Waals surface area contributed by atoms with E-state index in [1.807, 2.05) is 0 Å². The van der Waals surface area contributed by atoms with Gasteiger partial charge in [0.05, 0.1) is 19.8 Å². The van der Waals surface area contributed by atoms with Gasteiger partial charge in [0.15, 0.2) is 11.3 Å². The molecule has 0 atom stereocenters. The van der Waals surface area contributed by atoms with Crippen LogP contribution in [0, 0.1) is 0 Å². The summed E-state index contributed by atoms with van der Waals surface area (Å²) in [6, 6.07) is 0.841. The molecule has 88 valence electrons. The van der Waals surface area contributed by atoms with Crippen LogP contribution in [0.25, 0.3) is 0 Å². The average molecular weight is 233 g/mol. The molecule has 0 aliphatic carbocycles. The highest BCUT2D eigenvalue weighted by atomic mass is 19.3. The van der Waals surface area contributed by atoms with E-state index >= 15 is 0 Å². The molecular formula is C9H9F2NO4. The average Bonchev–Trinajstić information content (AvgIpc) is 2.26. The van der Waals surface area contributed by atoms with Crippen molar-refractivity contribution in [3.05, 3.63) is 27.5 Å².